The maximum atomic E-state index is 13.2. The third kappa shape index (κ3) is 7.15. The zero-order chi connectivity index (χ0) is 23.7. The highest BCUT2D eigenvalue weighted by Crippen LogP contribution is 2.20. The maximum absolute atomic E-state index is 13.2. The minimum atomic E-state index is -3.95. The number of rotatable bonds is 10. The van der Waals surface area contributed by atoms with Crippen LogP contribution in [0.1, 0.15) is 18.1 Å². The number of benzene rings is 3. The van der Waals surface area contributed by atoms with Gasteiger partial charge in [0.2, 0.25) is 10.0 Å². The Kier molecular flexibility index (Phi) is 8.59. The molecule has 0 fully saturated rings. The van der Waals surface area contributed by atoms with Gasteiger partial charge in [-0.05, 0) is 66.6 Å². The van der Waals surface area contributed by atoms with Crippen LogP contribution >= 0.6 is 11.6 Å². The summed E-state index contributed by atoms with van der Waals surface area (Å²) in [5.41, 5.74) is 3.90. The van der Waals surface area contributed by atoms with E-state index in [1.807, 2.05) is 25.1 Å². The first-order valence-corrected chi connectivity index (χ1v) is 12.0. The van der Waals surface area contributed by atoms with Gasteiger partial charge in [0.05, 0.1) is 24.3 Å². The molecule has 0 aromatic heterocycles. The van der Waals surface area contributed by atoms with E-state index < -0.39 is 22.5 Å². The summed E-state index contributed by atoms with van der Waals surface area (Å²) in [6.07, 6.45) is 1.48. The lowest BCUT2D eigenvalue weighted by Crippen LogP contribution is -2.39. The van der Waals surface area contributed by atoms with E-state index in [4.69, 9.17) is 16.3 Å². The normalized spacial score (nSPS) is 11.6. The number of sulfonamides is 1. The molecule has 0 atom stereocenters. The van der Waals surface area contributed by atoms with Crippen LogP contribution in [0, 0.1) is 0 Å². The van der Waals surface area contributed by atoms with Crippen molar-refractivity contribution in [1.82, 2.24) is 9.73 Å². The molecule has 3 aromatic carbocycles. The second-order valence-corrected chi connectivity index (χ2v) is 9.38. The number of nitrogens with zero attached hydrogens (tertiary/aromatic N) is 2. The first kappa shape index (κ1) is 24.4. The summed E-state index contributed by atoms with van der Waals surface area (Å²) in [5.74, 6) is 0.174. The standard InChI is InChI=1S/C24H24ClN3O4S/c1-2-32-22-12-8-19(9-13-22)16-26-27-24(29)18-28(17-20-6-4-3-5-7-20)33(30,31)23-14-10-21(25)11-15-23/h3-16H,2,17-18H2,1H3,(H,27,29)/b26-16-. The van der Waals surface area contributed by atoms with Gasteiger partial charge in [0.15, 0.2) is 0 Å². The van der Waals surface area contributed by atoms with Crippen molar-refractivity contribution in [3.05, 3.63) is 95.0 Å². The van der Waals surface area contributed by atoms with Crippen LogP contribution in [0.4, 0.5) is 0 Å². The summed E-state index contributed by atoms with van der Waals surface area (Å²) in [6, 6.07) is 22.1. The monoisotopic (exact) mass is 485 g/mol. The average molecular weight is 486 g/mol. The summed E-state index contributed by atoms with van der Waals surface area (Å²) in [6.45, 7) is 2.10. The van der Waals surface area contributed by atoms with Gasteiger partial charge >= 0.3 is 0 Å². The number of hydrogen-bond donors (Lipinski definition) is 1. The van der Waals surface area contributed by atoms with Crippen LogP contribution in [-0.2, 0) is 21.4 Å². The number of hydrazone groups is 1. The van der Waals surface area contributed by atoms with Gasteiger partial charge in [-0.2, -0.15) is 9.41 Å². The van der Waals surface area contributed by atoms with Crippen LogP contribution in [0.25, 0.3) is 0 Å². The lowest BCUT2D eigenvalue weighted by molar-refractivity contribution is -0.121. The highest BCUT2D eigenvalue weighted by molar-refractivity contribution is 7.89. The van der Waals surface area contributed by atoms with E-state index in [0.717, 1.165) is 21.2 Å². The van der Waals surface area contributed by atoms with E-state index in [2.05, 4.69) is 10.5 Å². The highest BCUT2D eigenvalue weighted by atomic mass is 35.5. The Morgan fingerprint density at radius 1 is 1.03 bits per heavy atom. The molecule has 1 N–H and O–H groups in total. The maximum Gasteiger partial charge on any atom is 0.255 e. The van der Waals surface area contributed by atoms with Crippen molar-refractivity contribution in [3.63, 3.8) is 0 Å². The predicted molar refractivity (Wildman–Crippen MR) is 129 cm³/mol. The van der Waals surface area contributed by atoms with Gasteiger partial charge in [-0.15, -0.1) is 0 Å². The van der Waals surface area contributed by atoms with Gasteiger partial charge in [-0.3, -0.25) is 4.79 Å². The number of nitrogens with one attached hydrogen (secondary N) is 1. The summed E-state index contributed by atoms with van der Waals surface area (Å²) >= 11 is 5.89. The van der Waals surface area contributed by atoms with Gasteiger partial charge < -0.3 is 4.74 Å². The summed E-state index contributed by atoms with van der Waals surface area (Å²) in [4.78, 5) is 12.6. The Hall–Kier alpha value is -3.20. The molecule has 3 rings (SSSR count). The van der Waals surface area contributed by atoms with Crippen LogP contribution in [0.3, 0.4) is 0 Å². The Balaban J connectivity index is 1.72. The quantitative estimate of drug-likeness (QED) is 0.346. The largest absolute Gasteiger partial charge is 0.494 e. The summed E-state index contributed by atoms with van der Waals surface area (Å²) in [7, 11) is -3.95. The number of carbonyl (C=O) groups excluding carboxylic acids is 1. The van der Waals surface area contributed by atoms with Gasteiger partial charge in [0.25, 0.3) is 5.91 Å². The van der Waals surface area contributed by atoms with Crippen LogP contribution in [-0.4, -0.2) is 38.0 Å². The fourth-order valence-electron chi connectivity index (χ4n) is 2.96. The fraction of sp³-hybridized carbons (Fsp3) is 0.167. The molecular weight excluding hydrogens is 462 g/mol. The van der Waals surface area contributed by atoms with E-state index in [-0.39, 0.29) is 11.4 Å². The number of hydrogen-bond acceptors (Lipinski definition) is 5. The molecule has 7 nitrogen and oxygen atoms in total. The molecule has 33 heavy (non-hydrogen) atoms. The van der Waals surface area contributed by atoms with Crippen molar-refractivity contribution in [2.24, 2.45) is 5.10 Å². The minimum Gasteiger partial charge on any atom is -0.494 e. The van der Waals surface area contributed by atoms with Crippen LogP contribution in [0.2, 0.25) is 5.02 Å². The van der Waals surface area contributed by atoms with Gasteiger partial charge in [0, 0.05) is 11.6 Å². The number of halogens is 1. The molecule has 0 aliphatic carbocycles. The van der Waals surface area contributed by atoms with Crippen molar-refractivity contribution in [2.75, 3.05) is 13.2 Å². The van der Waals surface area contributed by atoms with Crippen LogP contribution < -0.4 is 10.2 Å². The molecule has 0 radical (unpaired) electrons. The predicted octanol–water partition coefficient (Wildman–Crippen LogP) is 4.08. The first-order valence-electron chi connectivity index (χ1n) is 10.2. The summed E-state index contributed by atoms with van der Waals surface area (Å²) in [5, 5.41) is 4.36. The molecule has 0 aliphatic heterocycles. The lowest BCUT2D eigenvalue weighted by atomic mass is 10.2. The topological polar surface area (TPSA) is 88.1 Å². The highest BCUT2D eigenvalue weighted by Gasteiger charge is 2.27. The molecule has 0 unspecified atom stereocenters. The van der Waals surface area contributed by atoms with Crippen molar-refractivity contribution < 1.29 is 17.9 Å². The lowest BCUT2D eigenvalue weighted by Gasteiger charge is -2.21. The van der Waals surface area contributed by atoms with E-state index >= 15 is 0 Å². The van der Waals surface area contributed by atoms with E-state index in [1.165, 1.54) is 30.5 Å². The average Bonchev–Trinajstić information content (AvgIpc) is 2.81. The third-order valence-electron chi connectivity index (χ3n) is 4.57. The molecule has 0 saturated heterocycles. The zero-order valence-electron chi connectivity index (χ0n) is 18.0. The molecule has 0 heterocycles. The molecule has 172 valence electrons. The molecule has 0 spiro atoms. The first-order chi connectivity index (χ1) is 15.9. The number of ether oxygens (including phenoxy) is 1. The van der Waals surface area contributed by atoms with E-state index in [1.54, 1.807) is 36.4 Å². The Morgan fingerprint density at radius 2 is 1.70 bits per heavy atom. The van der Waals surface area contributed by atoms with Gasteiger partial charge in [-0.1, -0.05) is 41.9 Å². The molecule has 0 saturated carbocycles. The van der Waals surface area contributed by atoms with Gasteiger partial charge in [-0.25, -0.2) is 13.8 Å². The number of amides is 1. The van der Waals surface area contributed by atoms with Crippen molar-refractivity contribution >= 4 is 33.7 Å². The van der Waals surface area contributed by atoms with Crippen molar-refractivity contribution in [2.45, 2.75) is 18.4 Å². The van der Waals surface area contributed by atoms with E-state index in [0.29, 0.717) is 11.6 Å². The SMILES string of the molecule is CCOc1ccc(/C=N\NC(=O)CN(Cc2ccccc2)S(=O)(=O)c2ccc(Cl)cc2)cc1. The van der Waals surface area contributed by atoms with Crippen molar-refractivity contribution in [1.29, 1.82) is 0 Å². The van der Waals surface area contributed by atoms with Crippen LogP contribution in [0.5, 0.6) is 5.75 Å². The molecule has 9 heteroatoms. The number of carbonyl (C=O) groups is 1. The molecule has 0 aliphatic rings. The fourth-order valence-corrected chi connectivity index (χ4v) is 4.47. The van der Waals surface area contributed by atoms with Crippen LogP contribution in [0.15, 0.2) is 88.9 Å². The van der Waals surface area contributed by atoms with E-state index in [9.17, 15) is 13.2 Å². The zero-order valence-corrected chi connectivity index (χ0v) is 19.6. The molecular formula is C24H24ClN3O4S. The Morgan fingerprint density at radius 3 is 2.33 bits per heavy atom. The Bertz CT molecular complexity index is 1180. The summed E-state index contributed by atoms with van der Waals surface area (Å²) < 4.78 is 32.9. The smallest absolute Gasteiger partial charge is 0.255 e. The third-order valence-corrected chi connectivity index (χ3v) is 6.62. The van der Waals surface area contributed by atoms with Gasteiger partial charge in [0.1, 0.15) is 5.75 Å². The molecule has 3 aromatic rings. The molecule has 1 amide bonds. The second-order valence-electron chi connectivity index (χ2n) is 7.01. The minimum absolute atomic E-state index is 0.0296. The molecule has 0 bridgehead atoms. The van der Waals surface area contributed by atoms with Crippen molar-refractivity contribution in [3.8, 4) is 5.75 Å². The Labute approximate surface area is 198 Å². The second kappa shape index (κ2) is 11.6.